The van der Waals surface area contributed by atoms with Crippen LogP contribution in [0.15, 0.2) is 0 Å². The number of carboxylic acids is 1. The van der Waals surface area contributed by atoms with E-state index < -0.39 is 11.5 Å². The molecular formula is C14H24N2O4. The first kappa shape index (κ1) is 15.1. The summed E-state index contributed by atoms with van der Waals surface area (Å²) in [5.41, 5.74) is -1.05. The lowest BCUT2D eigenvalue weighted by Gasteiger charge is -2.29. The van der Waals surface area contributed by atoms with Crippen LogP contribution in [-0.2, 0) is 9.53 Å². The molecule has 0 aromatic rings. The van der Waals surface area contributed by atoms with Crippen LogP contribution in [0.3, 0.4) is 0 Å². The van der Waals surface area contributed by atoms with Gasteiger partial charge in [-0.15, -0.1) is 0 Å². The van der Waals surface area contributed by atoms with Crippen molar-refractivity contribution in [1.82, 2.24) is 10.2 Å². The van der Waals surface area contributed by atoms with Crippen LogP contribution in [0.25, 0.3) is 0 Å². The maximum absolute atomic E-state index is 12.3. The molecule has 0 aromatic carbocycles. The predicted molar refractivity (Wildman–Crippen MR) is 73.5 cm³/mol. The fraction of sp³-hybridized carbons (Fsp3) is 0.857. The van der Waals surface area contributed by atoms with Crippen molar-refractivity contribution in [3.63, 3.8) is 0 Å². The molecule has 0 spiro atoms. The average molecular weight is 284 g/mol. The number of ether oxygens (including phenoxy) is 1. The van der Waals surface area contributed by atoms with E-state index >= 15 is 0 Å². The Bertz CT molecular complexity index is 387. The van der Waals surface area contributed by atoms with Gasteiger partial charge in [-0.2, -0.15) is 0 Å². The van der Waals surface area contributed by atoms with E-state index in [1.807, 2.05) is 0 Å². The molecular weight excluding hydrogens is 260 g/mol. The van der Waals surface area contributed by atoms with Crippen molar-refractivity contribution in [2.75, 3.05) is 26.3 Å². The number of hydrogen-bond donors (Lipinski definition) is 2. The van der Waals surface area contributed by atoms with Crippen LogP contribution in [0.4, 0.5) is 4.79 Å². The third kappa shape index (κ3) is 2.61. The van der Waals surface area contributed by atoms with Gasteiger partial charge in [-0.1, -0.05) is 13.8 Å². The second kappa shape index (κ2) is 5.60. The van der Waals surface area contributed by atoms with E-state index in [0.717, 1.165) is 19.3 Å². The van der Waals surface area contributed by atoms with Gasteiger partial charge in [-0.25, -0.2) is 9.59 Å². The Balaban J connectivity index is 2.01. The van der Waals surface area contributed by atoms with E-state index in [1.54, 1.807) is 4.90 Å². The molecule has 6 heteroatoms. The molecule has 20 heavy (non-hydrogen) atoms. The first-order valence-corrected chi connectivity index (χ1v) is 7.35. The van der Waals surface area contributed by atoms with Crippen molar-refractivity contribution < 1.29 is 19.4 Å². The largest absolute Gasteiger partial charge is 0.479 e. The average Bonchev–Trinajstić information content (AvgIpc) is 3.06. The van der Waals surface area contributed by atoms with Crippen LogP contribution < -0.4 is 5.32 Å². The topological polar surface area (TPSA) is 78.9 Å². The predicted octanol–water partition coefficient (Wildman–Crippen LogP) is 1.45. The van der Waals surface area contributed by atoms with Gasteiger partial charge >= 0.3 is 12.0 Å². The van der Waals surface area contributed by atoms with Crippen LogP contribution in [0.2, 0.25) is 0 Å². The number of hydrogen-bond acceptors (Lipinski definition) is 3. The fourth-order valence-electron chi connectivity index (χ4n) is 3.11. The highest BCUT2D eigenvalue weighted by molar-refractivity contribution is 5.86. The Morgan fingerprint density at radius 2 is 2.00 bits per heavy atom. The zero-order valence-corrected chi connectivity index (χ0v) is 12.3. The molecule has 0 saturated carbocycles. The Hall–Kier alpha value is -1.30. The minimum atomic E-state index is -1.25. The SMILES string of the molecule is CCC1(CC)CCN(C(=O)NC2(C(=O)O)CCOC2)C1. The van der Waals surface area contributed by atoms with Gasteiger partial charge in [-0.3, -0.25) is 0 Å². The second-order valence-corrected chi connectivity index (χ2v) is 6.00. The summed E-state index contributed by atoms with van der Waals surface area (Å²) in [6.07, 6.45) is 3.40. The van der Waals surface area contributed by atoms with Gasteiger partial charge in [0.2, 0.25) is 0 Å². The lowest BCUT2D eigenvalue weighted by molar-refractivity contribution is -0.144. The lowest BCUT2D eigenvalue weighted by atomic mass is 9.82. The maximum atomic E-state index is 12.3. The van der Waals surface area contributed by atoms with Gasteiger partial charge in [0.25, 0.3) is 0 Å². The Kier molecular flexibility index (Phi) is 4.22. The summed E-state index contributed by atoms with van der Waals surface area (Å²) in [6.45, 7) is 6.13. The molecule has 0 radical (unpaired) electrons. The number of carbonyl (C=O) groups excluding carboxylic acids is 1. The van der Waals surface area contributed by atoms with Gasteiger partial charge < -0.3 is 20.1 Å². The number of amides is 2. The summed E-state index contributed by atoms with van der Waals surface area (Å²) in [5.74, 6) is -1.01. The van der Waals surface area contributed by atoms with Gasteiger partial charge in [0.15, 0.2) is 5.54 Å². The summed E-state index contributed by atoms with van der Waals surface area (Å²) >= 11 is 0. The Labute approximate surface area is 119 Å². The molecule has 0 aromatic heterocycles. The molecule has 1 unspecified atom stereocenters. The molecule has 6 nitrogen and oxygen atoms in total. The summed E-state index contributed by atoms with van der Waals surface area (Å²) in [5, 5.41) is 12.0. The first-order chi connectivity index (χ1) is 9.47. The van der Waals surface area contributed by atoms with Gasteiger partial charge in [0.1, 0.15) is 0 Å². The van der Waals surface area contributed by atoms with Crippen molar-refractivity contribution in [3.8, 4) is 0 Å². The van der Waals surface area contributed by atoms with Crippen LogP contribution >= 0.6 is 0 Å². The molecule has 0 bridgehead atoms. The van der Waals surface area contributed by atoms with E-state index in [0.29, 0.717) is 26.1 Å². The summed E-state index contributed by atoms with van der Waals surface area (Å²) in [6, 6.07) is -0.276. The zero-order valence-electron chi connectivity index (χ0n) is 12.3. The minimum absolute atomic E-state index is 0.0502. The Morgan fingerprint density at radius 3 is 2.45 bits per heavy atom. The van der Waals surface area contributed by atoms with Crippen LogP contribution in [0, 0.1) is 5.41 Å². The number of nitrogens with one attached hydrogen (secondary N) is 1. The standard InChI is InChI=1S/C14H24N2O4/c1-3-13(4-2)5-7-16(9-13)12(19)15-14(11(17)18)6-8-20-10-14/h3-10H2,1-2H3,(H,15,19)(H,17,18). The Morgan fingerprint density at radius 1 is 1.30 bits per heavy atom. The molecule has 2 heterocycles. The normalized spacial score (nSPS) is 28.6. The van der Waals surface area contributed by atoms with Crippen molar-refractivity contribution in [3.05, 3.63) is 0 Å². The minimum Gasteiger partial charge on any atom is -0.479 e. The highest BCUT2D eigenvalue weighted by Gasteiger charge is 2.46. The molecule has 2 amide bonds. The van der Waals surface area contributed by atoms with E-state index in [2.05, 4.69) is 19.2 Å². The number of rotatable bonds is 4. The summed E-state index contributed by atoms with van der Waals surface area (Å²) < 4.78 is 5.15. The maximum Gasteiger partial charge on any atom is 0.332 e. The number of carboxylic acid groups (broad SMARTS) is 1. The molecule has 2 rings (SSSR count). The van der Waals surface area contributed by atoms with E-state index in [-0.39, 0.29) is 18.1 Å². The number of likely N-dealkylation sites (tertiary alicyclic amines) is 1. The molecule has 2 N–H and O–H groups in total. The molecule has 1 atom stereocenters. The number of carbonyl (C=O) groups is 2. The molecule has 114 valence electrons. The quantitative estimate of drug-likeness (QED) is 0.819. The summed E-state index contributed by atoms with van der Waals surface area (Å²) in [7, 11) is 0. The van der Waals surface area contributed by atoms with Crippen LogP contribution in [0.1, 0.15) is 39.5 Å². The zero-order chi connectivity index (χ0) is 14.8. The third-order valence-corrected chi connectivity index (χ3v) is 5.00. The number of aliphatic carboxylic acids is 1. The van der Waals surface area contributed by atoms with Gasteiger partial charge in [0.05, 0.1) is 6.61 Å². The molecule has 2 fully saturated rings. The first-order valence-electron chi connectivity index (χ1n) is 7.35. The molecule has 0 aliphatic carbocycles. The van der Waals surface area contributed by atoms with E-state index in [4.69, 9.17) is 4.74 Å². The summed E-state index contributed by atoms with van der Waals surface area (Å²) in [4.78, 5) is 25.5. The number of nitrogens with zero attached hydrogens (tertiary/aromatic N) is 1. The highest BCUT2D eigenvalue weighted by atomic mass is 16.5. The van der Waals surface area contributed by atoms with Gasteiger partial charge in [0, 0.05) is 26.1 Å². The van der Waals surface area contributed by atoms with Crippen LogP contribution in [-0.4, -0.2) is 53.8 Å². The molecule has 2 aliphatic rings. The third-order valence-electron chi connectivity index (χ3n) is 5.00. The van der Waals surface area contributed by atoms with Gasteiger partial charge in [-0.05, 0) is 24.7 Å². The van der Waals surface area contributed by atoms with E-state index in [9.17, 15) is 14.7 Å². The van der Waals surface area contributed by atoms with Crippen molar-refractivity contribution >= 4 is 12.0 Å². The highest BCUT2D eigenvalue weighted by Crippen LogP contribution is 2.37. The number of urea groups is 1. The molecule has 2 aliphatic heterocycles. The van der Waals surface area contributed by atoms with Crippen molar-refractivity contribution in [1.29, 1.82) is 0 Å². The van der Waals surface area contributed by atoms with Crippen molar-refractivity contribution in [2.24, 2.45) is 5.41 Å². The smallest absolute Gasteiger partial charge is 0.332 e. The van der Waals surface area contributed by atoms with E-state index in [1.165, 1.54) is 0 Å². The fourth-order valence-corrected chi connectivity index (χ4v) is 3.11. The van der Waals surface area contributed by atoms with Crippen molar-refractivity contribution in [2.45, 2.75) is 45.1 Å². The monoisotopic (exact) mass is 284 g/mol. The van der Waals surface area contributed by atoms with Crippen LogP contribution in [0.5, 0.6) is 0 Å². The molecule has 2 saturated heterocycles. The second-order valence-electron chi connectivity index (χ2n) is 6.00. The lowest BCUT2D eigenvalue weighted by Crippen LogP contribution is -2.58.